The SMILES string of the molecule is COCCN(Cc1cccc([N+](=O)[O-])c1Br)C(C)C1CC1. The van der Waals surface area contributed by atoms with E-state index in [0.29, 0.717) is 23.7 Å². The van der Waals surface area contributed by atoms with E-state index < -0.39 is 0 Å². The Hall–Kier alpha value is -0.980. The zero-order valence-corrected chi connectivity index (χ0v) is 14.0. The zero-order valence-electron chi connectivity index (χ0n) is 12.4. The fourth-order valence-corrected chi connectivity index (χ4v) is 3.09. The van der Waals surface area contributed by atoms with Gasteiger partial charge in [0.2, 0.25) is 0 Å². The Labute approximate surface area is 133 Å². The van der Waals surface area contributed by atoms with Crippen LogP contribution in [0, 0.1) is 16.0 Å². The molecule has 0 radical (unpaired) electrons. The van der Waals surface area contributed by atoms with Crippen LogP contribution in [0.3, 0.4) is 0 Å². The number of halogens is 1. The van der Waals surface area contributed by atoms with Gasteiger partial charge >= 0.3 is 0 Å². The van der Waals surface area contributed by atoms with Crippen molar-refractivity contribution in [1.29, 1.82) is 0 Å². The van der Waals surface area contributed by atoms with Gasteiger partial charge in [-0.3, -0.25) is 15.0 Å². The molecule has 1 aromatic carbocycles. The van der Waals surface area contributed by atoms with Crippen LogP contribution in [-0.2, 0) is 11.3 Å². The van der Waals surface area contributed by atoms with Gasteiger partial charge in [0.15, 0.2) is 0 Å². The van der Waals surface area contributed by atoms with E-state index >= 15 is 0 Å². The van der Waals surface area contributed by atoms with Crippen LogP contribution in [0.15, 0.2) is 22.7 Å². The molecule has 6 heteroatoms. The number of nitro benzene ring substituents is 1. The minimum absolute atomic E-state index is 0.123. The summed E-state index contributed by atoms with van der Waals surface area (Å²) in [5, 5.41) is 11.0. The third-order valence-electron chi connectivity index (χ3n) is 4.09. The van der Waals surface area contributed by atoms with Crippen molar-refractivity contribution in [2.24, 2.45) is 5.92 Å². The number of hydrogen-bond donors (Lipinski definition) is 0. The Balaban J connectivity index is 2.15. The Morgan fingerprint density at radius 2 is 2.24 bits per heavy atom. The fourth-order valence-electron chi connectivity index (χ4n) is 2.56. The standard InChI is InChI=1S/C15H21BrN2O3/c1-11(12-6-7-12)17(8-9-21-2)10-13-4-3-5-14(15(13)16)18(19)20/h3-5,11-12H,6-10H2,1-2H3. The average molecular weight is 357 g/mol. The molecule has 0 saturated heterocycles. The molecule has 0 N–H and O–H groups in total. The molecule has 1 aliphatic carbocycles. The summed E-state index contributed by atoms with van der Waals surface area (Å²) in [6.07, 6.45) is 2.56. The van der Waals surface area contributed by atoms with Crippen LogP contribution < -0.4 is 0 Å². The summed E-state index contributed by atoms with van der Waals surface area (Å²) in [7, 11) is 1.70. The highest BCUT2D eigenvalue weighted by atomic mass is 79.9. The summed E-state index contributed by atoms with van der Waals surface area (Å²) in [6, 6.07) is 5.69. The first-order valence-corrected chi connectivity index (χ1v) is 7.98. The largest absolute Gasteiger partial charge is 0.383 e. The summed E-state index contributed by atoms with van der Waals surface area (Å²) in [5.74, 6) is 0.749. The third kappa shape index (κ3) is 4.25. The normalized spacial score (nSPS) is 16.2. The number of hydrogen-bond acceptors (Lipinski definition) is 4. The van der Waals surface area contributed by atoms with Crippen LogP contribution in [0.5, 0.6) is 0 Å². The predicted molar refractivity (Wildman–Crippen MR) is 85.3 cm³/mol. The summed E-state index contributed by atoms with van der Waals surface area (Å²) >= 11 is 3.38. The first-order valence-electron chi connectivity index (χ1n) is 7.19. The predicted octanol–water partition coefficient (Wildman–Crippen LogP) is 3.60. The Kier molecular flexibility index (Phi) is 5.72. The number of nitro groups is 1. The number of ether oxygens (including phenoxy) is 1. The molecule has 1 saturated carbocycles. The van der Waals surface area contributed by atoms with E-state index in [-0.39, 0.29) is 10.6 Å². The van der Waals surface area contributed by atoms with Gasteiger partial charge in [-0.2, -0.15) is 0 Å². The topological polar surface area (TPSA) is 55.6 Å². The molecule has 0 aromatic heterocycles. The number of methoxy groups -OCH3 is 1. The van der Waals surface area contributed by atoms with E-state index in [1.54, 1.807) is 13.2 Å². The minimum Gasteiger partial charge on any atom is -0.383 e. The van der Waals surface area contributed by atoms with Crippen molar-refractivity contribution in [1.82, 2.24) is 4.90 Å². The van der Waals surface area contributed by atoms with Gasteiger partial charge in [0, 0.05) is 32.3 Å². The van der Waals surface area contributed by atoms with Crippen molar-refractivity contribution in [3.05, 3.63) is 38.3 Å². The highest BCUT2D eigenvalue weighted by Gasteiger charge is 2.32. The molecule has 0 bridgehead atoms. The van der Waals surface area contributed by atoms with Gasteiger partial charge in [-0.1, -0.05) is 12.1 Å². The van der Waals surface area contributed by atoms with Crippen LogP contribution >= 0.6 is 15.9 Å². The molecule has 1 aliphatic rings. The number of nitrogens with zero attached hydrogens (tertiary/aromatic N) is 2. The van der Waals surface area contributed by atoms with Crippen LogP contribution in [0.2, 0.25) is 0 Å². The molecule has 1 aromatic rings. The minimum atomic E-state index is -0.350. The van der Waals surface area contributed by atoms with Crippen molar-refractivity contribution in [2.75, 3.05) is 20.3 Å². The van der Waals surface area contributed by atoms with Crippen LogP contribution in [0.4, 0.5) is 5.69 Å². The van der Waals surface area contributed by atoms with Crippen molar-refractivity contribution >= 4 is 21.6 Å². The Morgan fingerprint density at radius 3 is 2.81 bits per heavy atom. The van der Waals surface area contributed by atoms with Gasteiger partial charge in [0.25, 0.3) is 5.69 Å². The highest BCUT2D eigenvalue weighted by molar-refractivity contribution is 9.10. The van der Waals surface area contributed by atoms with Gasteiger partial charge in [-0.05, 0) is 47.2 Å². The molecule has 0 aliphatic heterocycles. The molecule has 21 heavy (non-hydrogen) atoms. The van der Waals surface area contributed by atoms with Crippen LogP contribution in [-0.4, -0.2) is 36.1 Å². The maximum atomic E-state index is 11.0. The Bertz CT molecular complexity index is 506. The van der Waals surface area contributed by atoms with Crippen molar-refractivity contribution < 1.29 is 9.66 Å². The second-order valence-electron chi connectivity index (χ2n) is 5.55. The molecule has 0 heterocycles. The second kappa shape index (κ2) is 7.33. The van der Waals surface area contributed by atoms with E-state index in [9.17, 15) is 10.1 Å². The maximum Gasteiger partial charge on any atom is 0.283 e. The molecule has 0 spiro atoms. The molecule has 0 amide bonds. The van der Waals surface area contributed by atoms with Gasteiger partial charge in [-0.25, -0.2) is 0 Å². The summed E-state index contributed by atoms with van der Waals surface area (Å²) < 4.78 is 5.77. The molecule has 116 valence electrons. The van der Waals surface area contributed by atoms with Gasteiger partial charge in [-0.15, -0.1) is 0 Å². The number of benzene rings is 1. The summed E-state index contributed by atoms with van der Waals surface area (Å²) in [4.78, 5) is 13.0. The molecule has 2 rings (SSSR count). The molecular weight excluding hydrogens is 336 g/mol. The zero-order chi connectivity index (χ0) is 15.4. The van der Waals surface area contributed by atoms with E-state index in [2.05, 4.69) is 27.8 Å². The van der Waals surface area contributed by atoms with E-state index in [1.165, 1.54) is 18.9 Å². The van der Waals surface area contributed by atoms with Crippen molar-refractivity contribution in [3.63, 3.8) is 0 Å². The first kappa shape index (κ1) is 16.4. The average Bonchev–Trinajstić information content (AvgIpc) is 3.28. The van der Waals surface area contributed by atoms with Crippen LogP contribution in [0.1, 0.15) is 25.3 Å². The lowest BCUT2D eigenvalue weighted by Crippen LogP contribution is -2.36. The summed E-state index contributed by atoms with van der Waals surface area (Å²) in [6.45, 7) is 4.44. The molecular formula is C15H21BrN2O3. The number of rotatable bonds is 8. The van der Waals surface area contributed by atoms with E-state index in [0.717, 1.165) is 18.0 Å². The second-order valence-corrected chi connectivity index (χ2v) is 6.34. The first-order chi connectivity index (χ1) is 10.0. The van der Waals surface area contributed by atoms with Gasteiger partial charge < -0.3 is 4.74 Å². The van der Waals surface area contributed by atoms with E-state index in [4.69, 9.17) is 4.74 Å². The fraction of sp³-hybridized carbons (Fsp3) is 0.600. The molecule has 5 nitrogen and oxygen atoms in total. The lowest BCUT2D eigenvalue weighted by molar-refractivity contribution is -0.385. The van der Waals surface area contributed by atoms with Gasteiger partial charge in [0.1, 0.15) is 0 Å². The van der Waals surface area contributed by atoms with Gasteiger partial charge in [0.05, 0.1) is 16.0 Å². The van der Waals surface area contributed by atoms with E-state index in [1.807, 2.05) is 6.07 Å². The quantitative estimate of drug-likeness (QED) is 0.527. The van der Waals surface area contributed by atoms with Crippen LogP contribution in [0.25, 0.3) is 0 Å². The lowest BCUT2D eigenvalue weighted by atomic mass is 10.1. The molecule has 1 unspecified atom stereocenters. The smallest absolute Gasteiger partial charge is 0.283 e. The monoisotopic (exact) mass is 356 g/mol. The molecule has 1 atom stereocenters. The molecule has 1 fully saturated rings. The third-order valence-corrected chi connectivity index (χ3v) is 5.01. The maximum absolute atomic E-state index is 11.0. The van der Waals surface area contributed by atoms with Crippen molar-refractivity contribution in [2.45, 2.75) is 32.4 Å². The lowest BCUT2D eigenvalue weighted by Gasteiger charge is -2.29. The van der Waals surface area contributed by atoms with Crippen molar-refractivity contribution in [3.8, 4) is 0 Å². The highest BCUT2D eigenvalue weighted by Crippen LogP contribution is 2.36. The summed E-state index contributed by atoms with van der Waals surface area (Å²) in [5.41, 5.74) is 1.08. The Morgan fingerprint density at radius 1 is 1.52 bits per heavy atom.